The van der Waals surface area contributed by atoms with E-state index in [-0.39, 0.29) is 23.3 Å². The first-order valence-corrected chi connectivity index (χ1v) is 11.9. The second-order valence-corrected chi connectivity index (χ2v) is 8.94. The van der Waals surface area contributed by atoms with E-state index in [4.69, 9.17) is 4.74 Å². The molecule has 8 nitrogen and oxygen atoms in total. The molecule has 2 heterocycles. The van der Waals surface area contributed by atoms with Gasteiger partial charge in [0.15, 0.2) is 15.9 Å². The molecule has 0 aliphatic carbocycles. The van der Waals surface area contributed by atoms with Gasteiger partial charge in [0.1, 0.15) is 10.4 Å². The molecular formula is C21H27N5O3S2. The molecule has 0 atom stereocenters. The second kappa shape index (κ2) is 10.1. The number of methoxy groups -OCH3 is 1. The number of anilines is 2. The molecule has 1 N–H and O–H groups in total. The molecule has 0 spiro atoms. The molecular weight excluding hydrogens is 434 g/mol. The third-order valence-corrected chi connectivity index (χ3v) is 6.73. The fourth-order valence-electron chi connectivity index (χ4n) is 3.11. The standard InChI is InChI=1S/C21H27N5O3S2/c1-6-25(7-2)20-23-18-17(31-20)19(28)26(13(3)4)21(24-18)30-12-16(27)22-14-10-8-9-11-15(14)29-5/h8-11,13H,6-7,12H2,1-5H3,(H,22,27). The Balaban J connectivity index is 1.87. The number of benzene rings is 1. The van der Waals surface area contributed by atoms with Crippen LogP contribution >= 0.6 is 23.1 Å². The van der Waals surface area contributed by atoms with E-state index in [1.807, 2.05) is 26.0 Å². The normalized spacial score (nSPS) is 11.2. The number of nitrogens with zero attached hydrogens (tertiary/aromatic N) is 4. The van der Waals surface area contributed by atoms with E-state index >= 15 is 0 Å². The van der Waals surface area contributed by atoms with E-state index in [0.29, 0.717) is 26.9 Å². The number of fused-ring (bicyclic) bond motifs is 1. The van der Waals surface area contributed by atoms with Crippen LogP contribution in [0, 0.1) is 0 Å². The lowest BCUT2D eigenvalue weighted by atomic mass is 10.3. The molecule has 0 radical (unpaired) electrons. The van der Waals surface area contributed by atoms with E-state index in [1.165, 1.54) is 23.1 Å². The molecule has 0 unspecified atom stereocenters. The van der Waals surface area contributed by atoms with Crippen molar-refractivity contribution in [1.29, 1.82) is 0 Å². The van der Waals surface area contributed by atoms with Crippen molar-refractivity contribution in [3.8, 4) is 5.75 Å². The number of carbonyl (C=O) groups is 1. The van der Waals surface area contributed by atoms with Crippen LogP contribution in [-0.4, -0.2) is 46.4 Å². The van der Waals surface area contributed by atoms with E-state index in [9.17, 15) is 9.59 Å². The largest absolute Gasteiger partial charge is 0.495 e. The smallest absolute Gasteiger partial charge is 0.274 e. The highest BCUT2D eigenvalue weighted by Crippen LogP contribution is 2.29. The van der Waals surface area contributed by atoms with Crippen molar-refractivity contribution in [3.63, 3.8) is 0 Å². The maximum Gasteiger partial charge on any atom is 0.274 e. The minimum Gasteiger partial charge on any atom is -0.495 e. The Bertz CT molecular complexity index is 1120. The van der Waals surface area contributed by atoms with Crippen LogP contribution in [0.15, 0.2) is 34.2 Å². The quantitative estimate of drug-likeness (QED) is 0.380. The predicted octanol–water partition coefficient (Wildman–Crippen LogP) is 4.02. The number of amides is 1. The van der Waals surface area contributed by atoms with Gasteiger partial charge in [0, 0.05) is 19.1 Å². The summed E-state index contributed by atoms with van der Waals surface area (Å²) in [6.45, 7) is 9.58. The van der Waals surface area contributed by atoms with Crippen molar-refractivity contribution in [2.45, 2.75) is 38.9 Å². The molecule has 3 rings (SSSR count). The number of para-hydroxylation sites is 2. The zero-order chi connectivity index (χ0) is 22.5. The molecule has 166 valence electrons. The summed E-state index contributed by atoms with van der Waals surface area (Å²) in [4.78, 5) is 37.0. The van der Waals surface area contributed by atoms with Gasteiger partial charge in [0.25, 0.3) is 5.56 Å². The Hall–Kier alpha value is -2.59. The van der Waals surface area contributed by atoms with Gasteiger partial charge in [-0.05, 0) is 39.8 Å². The molecule has 31 heavy (non-hydrogen) atoms. The van der Waals surface area contributed by atoms with Crippen LogP contribution in [0.3, 0.4) is 0 Å². The van der Waals surface area contributed by atoms with Crippen LogP contribution in [0.1, 0.15) is 33.7 Å². The van der Waals surface area contributed by atoms with Gasteiger partial charge >= 0.3 is 0 Å². The number of hydrogen-bond donors (Lipinski definition) is 1. The van der Waals surface area contributed by atoms with Crippen molar-refractivity contribution in [3.05, 3.63) is 34.6 Å². The molecule has 3 aromatic rings. The van der Waals surface area contributed by atoms with Gasteiger partial charge in [-0.1, -0.05) is 35.2 Å². The van der Waals surface area contributed by atoms with Crippen LogP contribution in [0.4, 0.5) is 10.8 Å². The second-order valence-electron chi connectivity index (χ2n) is 7.02. The van der Waals surface area contributed by atoms with Crippen molar-refractivity contribution in [1.82, 2.24) is 14.5 Å². The van der Waals surface area contributed by atoms with Crippen molar-refractivity contribution in [2.24, 2.45) is 0 Å². The van der Waals surface area contributed by atoms with Crippen LogP contribution in [0.2, 0.25) is 0 Å². The molecule has 0 saturated carbocycles. The summed E-state index contributed by atoms with van der Waals surface area (Å²) < 4.78 is 7.45. The zero-order valence-corrected chi connectivity index (χ0v) is 20.0. The number of ether oxygens (including phenoxy) is 1. The third kappa shape index (κ3) is 5.01. The van der Waals surface area contributed by atoms with E-state index < -0.39 is 0 Å². The van der Waals surface area contributed by atoms with E-state index in [1.54, 1.807) is 23.8 Å². The lowest BCUT2D eigenvalue weighted by Crippen LogP contribution is -2.25. The summed E-state index contributed by atoms with van der Waals surface area (Å²) in [5.41, 5.74) is 0.911. The van der Waals surface area contributed by atoms with Gasteiger partial charge in [0.05, 0.1) is 18.6 Å². The summed E-state index contributed by atoms with van der Waals surface area (Å²) in [5.74, 6) is 0.489. The number of aromatic nitrogens is 3. The number of hydrogen-bond acceptors (Lipinski definition) is 8. The first-order valence-electron chi connectivity index (χ1n) is 10.1. The molecule has 1 aromatic carbocycles. The average molecular weight is 462 g/mol. The molecule has 0 saturated heterocycles. The van der Waals surface area contributed by atoms with Gasteiger partial charge in [-0.3, -0.25) is 14.2 Å². The third-order valence-electron chi connectivity index (χ3n) is 4.68. The van der Waals surface area contributed by atoms with Crippen molar-refractivity contribution in [2.75, 3.05) is 36.2 Å². The number of nitrogens with one attached hydrogen (secondary N) is 1. The Morgan fingerprint density at radius 1 is 1.26 bits per heavy atom. The lowest BCUT2D eigenvalue weighted by molar-refractivity contribution is -0.113. The topological polar surface area (TPSA) is 89.3 Å². The molecule has 10 heteroatoms. The predicted molar refractivity (Wildman–Crippen MR) is 128 cm³/mol. The number of thiazole rings is 1. The fourth-order valence-corrected chi connectivity index (χ4v) is 5.09. The summed E-state index contributed by atoms with van der Waals surface area (Å²) in [7, 11) is 1.56. The minimum absolute atomic E-state index is 0.0943. The summed E-state index contributed by atoms with van der Waals surface area (Å²) >= 11 is 2.59. The van der Waals surface area contributed by atoms with Crippen LogP contribution < -0.4 is 20.5 Å². The first kappa shape index (κ1) is 23.1. The molecule has 1 amide bonds. The Kier molecular flexibility index (Phi) is 7.55. The van der Waals surface area contributed by atoms with Crippen LogP contribution in [0.5, 0.6) is 5.75 Å². The lowest BCUT2D eigenvalue weighted by Gasteiger charge is -2.15. The average Bonchev–Trinajstić information content (AvgIpc) is 3.17. The van der Waals surface area contributed by atoms with Crippen molar-refractivity contribution < 1.29 is 9.53 Å². The maximum atomic E-state index is 13.2. The number of carbonyl (C=O) groups excluding carboxylic acids is 1. The molecule has 0 aliphatic rings. The maximum absolute atomic E-state index is 13.2. The molecule has 0 aliphatic heterocycles. The summed E-state index contributed by atoms with van der Waals surface area (Å²) in [6, 6.07) is 7.13. The summed E-state index contributed by atoms with van der Waals surface area (Å²) in [5, 5.41) is 4.12. The van der Waals surface area contributed by atoms with Gasteiger partial charge in [-0.2, -0.15) is 4.98 Å². The molecule has 0 fully saturated rings. The minimum atomic E-state index is -0.207. The number of thioether (sulfide) groups is 1. The Labute approximate surface area is 189 Å². The Morgan fingerprint density at radius 2 is 1.97 bits per heavy atom. The highest BCUT2D eigenvalue weighted by molar-refractivity contribution is 7.99. The SMILES string of the molecule is CCN(CC)c1nc2nc(SCC(=O)Nc3ccccc3OC)n(C(C)C)c(=O)c2s1. The van der Waals surface area contributed by atoms with Gasteiger partial charge in [-0.25, -0.2) is 4.98 Å². The first-order chi connectivity index (χ1) is 14.9. The van der Waals surface area contributed by atoms with Gasteiger partial charge in [-0.15, -0.1) is 0 Å². The number of rotatable bonds is 9. The molecule has 0 bridgehead atoms. The van der Waals surface area contributed by atoms with Gasteiger partial charge < -0.3 is 15.0 Å². The Morgan fingerprint density at radius 3 is 2.61 bits per heavy atom. The molecule has 2 aromatic heterocycles. The van der Waals surface area contributed by atoms with Gasteiger partial charge in [0.2, 0.25) is 5.91 Å². The zero-order valence-electron chi connectivity index (χ0n) is 18.3. The van der Waals surface area contributed by atoms with Crippen molar-refractivity contribution >= 4 is 50.2 Å². The van der Waals surface area contributed by atoms with E-state index in [2.05, 4.69) is 34.0 Å². The highest BCUT2D eigenvalue weighted by atomic mass is 32.2. The fraction of sp³-hybridized carbons (Fsp3) is 0.429. The van der Waals surface area contributed by atoms with E-state index in [0.717, 1.165) is 18.2 Å². The summed E-state index contributed by atoms with van der Waals surface area (Å²) in [6.07, 6.45) is 0. The van der Waals surface area contributed by atoms with Crippen LogP contribution in [-0.2, 0) is 4.79 Å². The highest BCUT2D eigenvalue weighted by Gasteiger charge is 2.20. The monoisotopic (exact) mass is 461 g/mol. The van der Waals surface area contributed by atoms with Crippen LogP contribution in [0.25, 0.3) is 10.3 Å².